The van der Waals surface area contributed by atoms with Crippen molar-refractivity contribution in [3.8, 4) is 0 Å². The van der Waals surface area contributed by atoms with Crippen LogP contribution < -0.4 is 11.2 Å². The van der Waals surface area contributed by atoms with E-state index in [1.54, 1.807) is 24.3 Å². The Bertz CT molecular complexity index is 904. The Kier molecular flexibility index (Phi) is 3.42. The molecule has 0 bridgehead atoms. The number of benzene rings is 1. The summed E-state index contributed by atoms with van der Waals surface area (Å²) in [4.78, 5) is 48.5. The first kappa shape index (κ1) is 13.9. The summed E-state index contributed by atoms with van der Waals surface area (Å²) >= 11 is 0. The largest absolute Gasteiger partial charge is 0.342 e. The molecule has 0 fully saturated rings. The van der Waals surface area contributed by atoms with Crippen LogP contribution in [0.15, 0.2) is 58.3 Å². The number of rotatable bonds is 2. The topological polar surface area (TPSA) is 78.1 Å². The van der Waals surface area contributed by atoms with Crippen LogP contribution in [0.3, 0.4) is 0 Å². The van der Waals surface area contributed by atoms with E-state index in [1.807, 2.05) is 0 Å². The zero-order valence-electron chi connectivity index (χ0n) is 11.6. The minimum Gasteiger partial charge on any atom is -0.293 e. The van der Waals surface area contributed by atoms with Crippen LogP contribution in [0.5, 0.6) is 0 Å². The highest BCUT2D eigenvalue weighted by Crippen LogP contribution is 2.16. The SMILES string of the molecule is O=C1CCC=C1n1ccc(=O)n(C(=O)c2ccccc2)c1=O. The van der Waals surface area contributed by atoms with Gasteiger partial charge in [-0.3, -0.25) is 19.0 Å². The normalized spacial score (nSPS) is 14.0. The second-order valence-electron chi connectivity index (χ2n) is 4.86. The van der Waals surface area contributed by atoms with Crippen LogP contribution in [0.2, 0.25) is 0 Å². The molecule has 2 aromatic rings. The number of hydrogen-bond acceptors (Lipinski definition) is 4. The van der Waals surface area contributed by atoms with E-state index < -0.39 is 17.2 Å². The van der Waals surface area contributed by atoms with Crippen molar-refractivity contribution < 1.29 is 9.59 Å². The molecule has 22 heavy (non-hydrogen) atoms. The van der Waals surface area contributed by atoms with E-state index in [1.165, 1.54) is 18.3 Å². The fraction of sp³-hybridized carbons (Fsp3) is 0.125. The van der Waals surface area contributed by atoms with Gasteiger partial charge in [0.1, 0.15) is 0 Å². The molecule has 0 unspecified atom stereocenters. The lowest BCUT2D eigenvalue weighted by Crippen LogP contribution is -2.43. The molecule has 0 saturated heterocycles. The molecular formula is C16H12N2O4. The molecule has 1 heterocycles. The Morgan fingerprint density at radius 3 is 2.36 bits per heavy atom. The van der Waals surface area contributed by atoms with Crippen LogP contribution >= 0.6 is 0 Å². The predicted molar refractivity (Wildman–Crippen MR) is 79.6 cm³/mol. The number of carbonyl (C=O) groups is 2. The van der Waals surface area contributed by atoms with Crippen molar-refractivity contribution in [3.05, 3.63) is 75.1 Å². The monoisotopic (exact) mass is 296 g/mol. The average Bonchev–Trinajstić information content (AvgIpc) is 2.94. The number of nitrogens with zero attached hydrogens (tertiary/aromatic N) is 2. The van der Waals surface area contributed by atoms with Crippen LogP contribution in [-0.4, -0.2) is 20.8 Å². The molecule has 0 aliphatic heterocycles. The first-order valence-corrected chi connectivity index (χ1v) is 6.78. The van der Waals surface area contributed by atoms with E-state index in [9.17, 15) is 19.2 Å². The molecule has 6 heteroatoms. The molecule has 1 aliphatic rings. The third kappa shape index (κ3) is 2.24. The third-order valence-electron chi connectivity index (χ3n) is 3.46. The first-order chi connectivity index (χ1) is 10.6. The highest BCUT2D eigenvalue weighted by atomic mass is 16.2. The van der Waals surface area contributed by atoms with E-state index in [0.29, 0.717) is 17.4 Å². The summed E-state index contributed by atoms with van der Waals surface area (Å²) in [5, 5.41) is 0. The van der Waals surface area contributed by atoms with Gasteiger partial charge in [0.05, 0.1) is 5.70 Å². The number of aromatic nitrogens is 2. The summed E-state index contributed by atoms with van der Waals surface area (Å²) in [7, 11) is 0. The number of ketones is 1. The molecule has 3 rings (SSSR count). The summed E-state index contributed by atoms with van der Waals surface area (Å²) in [5.41, 5.74) is -1.12. The number of hydrogen-bond donors (Lipinski definition) is 0. The summed E-state index contributed by atoms with van der Waals surface area (Å²) in [6.45, 7) is 0. The van der Waals surface area contributed by atoms with Gasteiger partial charge < -0.3 is 0 Å². The molecule has 1 aromatic carbocycles. The Morgan fingerprint density at radius 2 is 1.73 bits per heavy atom. The summed E-state index contributed by atoms with van der Waals surface area (Å²) in [6, 6.07) is 9.15. The van der Waals surface area contributed by atoms with Gasteiger partial charge in [-0.15, -0.1) is 0 Å². The Balaban J connectivity index is 2.17. The molecule has 1 aliphatic carbocycles. The average molecular weight is 296 g/mol. The zero-order chi connectivity index (χ0) is 15.7. The maximum Gasteiger partial charge on any atom is 0.342 e. The van der Waals surface area contributed by atoms with Crippen molar-refractivity contribution in [1.82, 2.24) is 9.13 Å². The van der Waals surface area contributed by atoms with Crippen LogP contribution in [0.25, 0.3) is 5.70 Å². The van der Waals surface area contributed by atoms with E-state index >= 15 is 0 Å². The lowest BCUT2D eigenvalue weighted by Gasteiger charge is -2.09. The van der Waals surface area contributed by atoms with Gasteiger partial charge in [-0.05, 0) is 18.6 Å². The first-order valence-electron chi connectivity index (χ1n) is 6.78. The van der Waals surface area contributed by atoms with Crippen molar-refractivity contribution in [3.63, 3.8) is 0 Å². The maximum atomic E-state index is 12.4. The molecule has 1 aromatic heterocycles. The maximum absolute atomic E-state index is 12.4. The summed E-state index contributed by atoms with van der Waals surface area (Å²) in [5.74, 6) is -0.893. The second-order valence-corrected chi connectivity index (χ2v) is 4.86. The minimum atomic E-state index is -0.831. The van der Waals surface area contributed by atoms with Gasteiger partial charge in [0.25, 0.3) is 11.5 Å². The quantitative estimate of drug-likeness (QED) is 0.825. The van der Waals surface area contributed by atoms with E-state index in [2.05, 4.69) is 0 Å². The Labute approximate surface area is 124 Å². The fourth-order valence-corrected chi connectivity index (χ4v) is 2.37. The minimum absolute atomic E-state index is 0.181. The molecule has 0 saturated carbocycles. The second kappa shape index (κ2) is 5.40. The van der Waals surface area contributed by atoms with Gasteiger partial charge in [0.2, 0.25) is 0 Å². The van der Waals surface area contributed by atoms with Crippen molar-refractivity contribution in [2.45, 2.75) is 12.8 Å². The van der Waals surface area contributed by atoms with Gasteiger partial charge in [-0.25, -0.2) is 4.79 Å². The highest BCUT2D eigenvalue weighted by molar-refractivity contribution is 6.16. The number of Topliss-reactive ketones (excluding diaryl/α,β-unsaturated/α-hetero) is 1. The molecule has 0 amide bonds. The smallest absolute Gasteiger partial charge is 0.293 e. The highest BCUT2D eigenvalue weighted by Gasteiger charge is 2.21. The van der Waals surface area contributed by atoms with E-state index in [-0.39, 0.29) is 17.0 Å². The number of carbonyl (C=O) groups excluding carboxylic acids is 2. The van der Waals surface area contributed by atoms with Crippen LogP contribution in [-0.2, 0) is 4.79 Å². The van der Waals surface area contributed by atoms with Crippen molar-refractivity contribution in [1.29, 1.82) is 0 Å². The van der Waals surface area contributed by atoms with Crippen molar-refractivity contribution >= 4 is 17.4 Å². The van der Waals surface area contributed by atoms with Crippen LogP contribution in [0, 0.1) is 0 Å². The van der Waals surface area contributed by atoms with E-state index in [4.69, 9.17) is 0 Å². The third-order valence-corrected chi connectivity index (χ3v) is 3.46. The lowest BCUT2D eigenvalue weighted by atomic mass is 10.2. The number of allylic oxidation sites excluding steroid dienone is 2. The lowest BCUT2D eigenvalue weighted by molar-refractivity contribution is -0.113. The van der Waals surface area contributed by atoms with Gasteiger partial charge in [-0.1, -0.05) is 24.3 Å². The Hall–Kier alpha value is -3.02. The molecule has 6 nitrogen and oxygen atoms in total. The summed E-state index contributed by atoms with van der Waals surface area (Å²) < 4.78 is 1.60. The van der Waals surface area contributed by atoms with Gasteiger partial charge in [0, 0.05) is 24.2 Å². The Morgan fingerprint density at radius 1 is 1.00 bits per heavy atom. The molecule has 0 radical (unpaired) electrons. The standard InChI is InChI=1S/C16H12N2O4/c19-13-8-4-7-12(13)17-10-9-14(20)18(16(17)22)15(21)11-5-2-1-3-6-11/h1-3,5-7,9-10H,4,8H2. The van der Waals surface area contributed by atoms with Crippen LogP contribution in [0.4, 0.5) is 0 Å². The molecule has 0 atom stereocenters. The molecule has 0 spiro atoms. The molecular weight excluding hydrogens is 284 g/mol. The van der Waals surface area contributed by atoms with Gasteiger partial charge >= 0.3 is 5.69 Å². The van der Waals surface area contributed by atoms with Crippen molar-refractivity contribution in [2.75, 3.05) is 0 Å². The van der Waals surface area contributed by atoms with Crippen molar-refractivity contribution in [2.24, 2.45) is 0 Å². The van der Waals surface area contributed by atoms with Gasteiger partial charge in [-0.2, -0.15) is 4.57 Å². The molecule has 0 N–H and O–H groups in total. The zero-order valence-corrected chi connectivity index (χ0v) is 11.6. The van der Waals surface area contributed by atoms with Gasteiger partial charge in [0.15, 0.2) is 5.78 Å². The fourth-order valence-electron chi connectivity index (χ4n) is 2.37. The summed E-state index contributed by atoms with van der Waals surface area (Å²) in [6.07, 6.45) is 3.74. The predicted octanol–water partition coefficient (Wildman–Crippen LogP) is 0.902. The van der Waals surface area contributed by atoms with E-state index in [0.717, 1.165) is 10.6 Å². The molecule has 110 valence electrons. The van der Waals surface area contributed by atoms with Crippen LogP contribution in [0.1, 0.15) is 23.2 Å².